The standard InChI is InChI=1S/C22H19F2N7/c23-17-11-19-14(2-1-5-26-19)10-16(17)21-18(24)13-28-22(30-21)29-20-4-3-15(12-27-20)31-8-6-25-7-9-31/h1-5,10-13,25H,6-9H2,(H,27,28,29,30). The predicted octanol–water partition coefficient (Wildman–Crippen LogP) is 3.52. The third kappa shape index (κ3) is 3.99. The molecule has 0 spiro atoms. The number of fused-ring (bicyclic) bond motifs is 1. The average molecular weight is 419 g/mol. The number of aromatic nitrogens is 4. The molecule has 0 radical (unpaired) electrons. The zero-order valence-corrected chi connectivity index (χ0v) is 16.5. The lowest BCUT2D eigenvalue weighted by Gasteiger charge is -2.29. The van der Waals surface area contributed by atoms with Gasteiger partial charge in [0.05, 0.1) is 23.6 Å². The maximum absolute atomic E-state index is 14.7. The highest BCUT2D eigenvalue weighted by Gasteiger charge is 2.16. The molecule has 4 aromatic rings. The van der Waals surface area contributed by atoms with Crippen molar-refractivity contribution in [2.75, 3.05) is 36.4 Å². The van der Waals surface area contributed by atoms with E-state index in [2.05, 4.69) is 35.5 Å². The minimum Gasteiger partial charge on any atom is -0.368 e. The summed E-state index contributed by atoms with van der Waals surface area (Å²) in [6, 6.07) is 10.1. The van der Waals surface area contributed by atoms with Crippen molar-refractivity contribution in [3.63, 3.8) is 0 Å². The lowest BCUT2D eigenvalue weighted by molar-refractivity contribution is 0.589. The second-order valence-electron chi connectivity index (χ2n) is 7.18. The molecule has 1 aliphatic rings. The normalized spacial score (nSPS) is 14.1. The molecule has 31 heavy (non-hydrogen) atoms. The molecule has 0 bridgehead atoms. The first-order valence-electron chi connectivity index (χ1n) is 9.93. The number of rotatable bonds is 4. The molecule has 1 aromatic carbocycles. The number of halogens is 2. The number of hydrogen-bond acceptors (Lipinski definition) is 7. The molecule has 0 saturated carbocycles. The second-order valence-corrected chi connectivity index (χ2v) is 7.18. The van der Waals surface area contributed by atoms with Crippen LogP contribution in [-0.4, -0.2) is 46.1 Å². The van der Waals surface area contributed by atoms with Crippen molar-refractivity contribution in [3.8, 4) is 11.3 Å². The van der Waals surface area contributed by atoms with E-state index in [1.807, 2.05) is 12.1 Å². The maximum Gasteiger partial charge on any atom is 0.229 e. The van der Waals surface area contributed by atoms with E-state index in [0.717, 1.165) is 38.1 Å². The predicted molar refractivity (Wildman–Crippen MR) is 115 cm³/mol. The van der Waals surface area contributed by atoms with E-state index in [1.165, 1.54) is 12.1 Å². The monoisotopic (exact) mass is 419 g/mol. The fourth-order valence-corrected chi connectivity index (χ4v) is 3.58. The number of anilines is 3. The number of nitrogens with one attached hydrogen (secondary N) is 2. The molecule has 156 valence electrons. The van der Waals surface area contributed by atoms with Crippen molar-refractivity contribution >= 4 is 28.4 Å². The van der Waals surface area contributed by atoms with E-state index in [0.29, 0.717) is 16.7 Å². The molecule has 7 nitrogen and oxygen atoms in total. The smallest absolute Gasteiger partial charge is 0.229 e. The lowest BCUT2D eigenvalue weighted by atomic mass is 10.1. The number of benzene rings is 1. The molecule has 5 rings (SSSR count). The minimum absolute atomic E-state index is 0.0467. The van der Waals surface area contributed by atoms with Crippen LogP contribution in [0.5, 0.6) is 0 Å². The molecule has 0 aliphatic carbocycles. The van der Waals surface area contributed by atoms with Crippen LogP contribution < -0.4 is 15.5 Å². The van der Waals surface area contributed by atoms with Gasteiger partial charge in [-0.1, -0.05) is 6.07 Å². The molecule has 1 fully saturated rings. The Balaban J connectivity index is 1.42. The third-order valence-corrected chi connectivity index (χ3v) is 5.16. The van der Waals surface area contributed by atoms with Crippen molar-refractivity contribution in [1.82, 2.24) is 25.3 Å². The van der Waals surface area contributed by atoms with Gasteiger partial charge in [0.25, 0.3) is 0 Å². The second kappa shape index (κ2) is 8.19. The summed E-state index contributed by atoms with van der Waals surface area (Å²) in [4.78, 5) is 18.9. The quantitative estimate of drug-likeness (QED) is 0.524. The molecule has 0 unspecified atom stereocenters. The van der Waals surface area contributed by atoms with Gasteiger partial charge in [0.1, 0.15) is 17.3 Å². The molecule has 0 amide bonds. The number of nitrogens with zero attached hydrogens (tertiary/aromatic N) is 5. The maximum atomic E-state index is 14.7. The first-order valence-corrected chi connectivity index (χ1v) is 9.93. The van der Waals surface area contributed by atoms with Crippen molar-refractivity contribution < 1.29 is 8.78 Å². The number of piperazine rings is 1. The Bertz CT molecular complexity index is 1220. The Morgan fingerprint density at radius 3 is 2.61 bits per heavy atom. The van der Waals surface area contributed by atoms with E-state index < -0.39 is 11.6 Å². The molecule has 4 heterocycles. The van der Waals surface area contributed by atoms with Crippen molar-refractivity contribution in [2.45, 2.75) is 0 Å². The Hall–Kier alpha value is -3.72. The van der Waals surface area contributed by atoms with Gasteiger partial charge >= 0.3 is 0 Å². The molecule has 2 N–H and O–H groups in total. The minimum atomic E-state index is -0.713. The molecule has 1 aliphatic heterocycles. The summed E-state index contributed by atoms with van der Waals surface area (Å²) < 4.78 is 29.1. The molecule has 0 atom stereocenters. The summed E-state index contributed by atoms with van der Waals surface area (Å²) in [5, 5.41) is 6.97. The van der Waals surface area contributed by atoms with E-state index in [-0.39, 0.29) is 17.2 Å². The Morgan fingerprint density at radius 2 is 1.81 bits per heavy atom. The van der Waals surface area contributed by atoms with E-state index in [9.17, 15) is 8.78 Å². The summed E-state index contributed by atoms with van der Waals surface area (Å²) in [5.41, 5.74) is 1.44. The van der Waals surface area contributed by atoms with Crippen LogP contribution in [0.2, 0.25) is 0 Å². The van der Waals surface area contributed by atoms with Crippen LogP contribution in [0.15, 0.2) is 55.0 Å². The van der Waals surface area contributed by atoms with E-state index in [1.54, 1.807) is 24.5 Å². The summed E-state index contributed by atoms with van der Waals surface area (Å²) in [6.07, 6.45) is 4.37. The Kier molecular flexibility index (Phi) is 5.09. The number of pyridine rings is 2. The van der Waals surface area contributed by atoms with Gasteiger partial charge in [-0.15, -0.1) is 0 Å². The fraction of sp³-hybridized carbons (Fsp3) is 0.182. The first-order chi connectivity index (χ1) is 15.2. The third-order valence-electron chi connectivity index (χ3n) is 5.16. The van der Waals surface area contributed by atoms with E-state index in [4.69, 9.17) is 0 Å². The average Bonchev–Trinajstić information content (AvgIpc) is 2.81. The van der Waals surface area contributed by atoms with Crippen molar-refractivity contribution in [2.24, 2.45) is 0 Å². The van der Waals surface area contributed by atoms with Crippen LogP contribution in [-0.2, 0) is 0 Å². The number of hydrogen-bond donors (Lipinski definition) is 2. The van der Waals surface area contributed by atoms with Gasteiger partial charge in [-0.2, -0.15) is 0 Å². The van der Waals surface area contributed by atoms with Gasteiger partial charge in [0, 0.05) is 49.4 Å². The SMILES string of the molecule is Fc1cc2ncccc2cc1-c1nc(Nc2ccc(N3CCNCC3)cn2)ncc1F. The van der Waals surface area contributed by atoms with Crippen LogP contribution in [0, 0.1) is 11.6 Å². The summed E-state index contributed by atoms with van der Waals surface area (Å²) in [5.74, 6) is -0.674. The molecular weight excluding hydrogens is 400 g/mol. The Morgan fingerprint density at radius 1 is 0.935 bits per heavy atom. The highest BCUT2D eigenvalue weighted by molar-refractivity contribution is 5.84. The van der Waals surface area contributed by atoms with Gasteiger partial charge in [-0.05, 0) is 24.3 Å². The van der Waals surface area contributed by atoms with Crippen LogP contribution in [0.1, 0.15) is 0 Å². The van der Waals surface area contributed by atoms with Gasteiger partial charge in [-0.25, -0.2) is 23.7 Å². The van der Waals surface area contributed by atoms with Gasteiger partial charge in [0.15, 0.2) is 5.82 Å². The van der Waals surface area contributed by atoms with Gasteiger partial charge in [0.2, 0.25) is 5.95 Å². The Labute approximate surface area is 177 Å². The fourth-order valence-electron chi connectivity index (χ4n) is 3.58. The van der Waals surface area contributed by atoms with Crippen LogP contribution in [0.4, 0.5) is 26.2 Å². The zero-order valence-electron chi connectivity index (χ0n) is 16.5. The van der Waals surface area contributed by atoms with Crippen molar-refractivity contribution in [1.29, 1.82) is 0 Å². The molecule has 1 saturated heterocycles. The van der Waals surface area contributed by atoms with Crippen molar-refractivity contribution in [3.05, 3.63) is 66.6 Å². The lowest BCUT2D eigenvalue weighted by Crippen LogP contribution is -2.43. The van der Waals surface area contributed by atoms with Crippen LogP contribution >= 0.6 is 0 Å². The largest absolute Gasteiger partial charge is 0.368 e. The van der Waals surface area contributed by atoms with Crippen LogP contribution in [0.25, 0.3) is 22.2 Å². The highest BCUT2D eigenvalue weighted by atomic mass is 19.1. The summed E-state index contributed by atoms with van der Waals surface area (Å²) in [7, 11) is 0. The molecule has 3 aromatic heterocycles. The van der Waals surface area contributed by atoms with Gasteiger partial charge < -0.3 is 15.5 Å². The topological polar surface area (TPSA) is 78.9 Å². The first kappa shape index (κ1) is 19.3. The zero-order chi connectivity index (χ0) is 21.2. The highest BCUT2D eigenvalue weighted by Crippen LogP contribution is 2.28. The molecule has 9 heteroatoms. The van der Waals surface area contributed by atoms with Gasteiger partial charge in [-0.3, -0.25) is 4.98 Å². The van der Waals surface area contributed by atoms with E-state index >= 15 is 0 Å². The molecular formula is C22H19F2N7. The summed E-state index contributed by atoms with van der Waals surface area (Å²) in [6.45, 7) is 3.72. The summed E-state index contributed by atoms with van der Waals surface area (Å²) >= 11 is 0. The van der Waals surface area contributed by atoms with Crippen LogP contribution in [0.3, 0.4) is 0 Å².